The molecule has 0 aliphatic rings. The molecule has 148 valence electrons. The minimum Gasteiger partial charge on any atom is -0.406 e. The van der Waals surface area contributed by atoms with Gasteiger partial charge in [-0.1, -0.05) is 54.6 Å². The first kappa shape index (κ1) is 21.6. The predicted octanol–water partition coefficient (Wildman–Crippen LogP) is 5.67. The van der Waals surface area contributed by atoms with Gasteiger partial charge in [-0.2, -0.15) is 0 Å². The van der Waals surface area contributed by atoms with Crippen molar-refractivity contribution in [3.8, 4) is 5.75 Å². The zero-order valence-electron chi connectivity index (χ0n) is 14.8. The van der Waals surface area contributed by atoms with Crippen LogP contribution in [-0.4, -0.2) is 6.36 Å². The van der Waals surface area contributed by atoms with Gasteiger partial charge in [0.15, 0.2) is 0 Å². The Hall–Kier alpha value is -2.70. The van der Waals surface area contributed by atoms with E-state index in [0.29, 0.717) is 12.1 Å². The summed E-state index contributed by atoms with van der Waals surface area (Å²) in [4.78, 5) is 0. The Kier molecular flexibility index (Phi) is 7.31. The summed E-state index contributed by atoms with van der Waals surface area (Å²) in [6, 6.07) is 22.9. The highest BCUT2D eigenvalue weighted by molar-refractivity contribution is 5.85. The van der Waals surface area contributed by atoms with E-state index in [9.17, 15) is 13.2 Å². The van der Waals surface area contributed by atoms with Crippen molar-refractivity contribution in [1.29, 1.82) is 0 Å². The van der Waals surface area contributed by atoms with E-state index in [4.69, 9.17) is 5.73 Å². The van der Waals surface area contributed by atoms with Crippen molar-refractivity contribution in [2.45, 2.75) is 18.9 Å². The number of halogens is 4. The second-order valence-electron chi connectivity index (χ2n) is 6.06. The Morgan fingerprint density at radius 2 is 1.36 bits per heavy atom. The second-order valence-corrected chi connectivity index (χ2v) is 6.06. The van der Waals surface area contributed by atoms with Crippen LogP contribution in [0.2, 0.25) is 0 Å². The molecule has 0 amide bonds. The molecule has 0 radical (unpaired) electrons. The molecular formula is C21H20ClF3N2O. The van der Waals surface area contributed by atoms with Crippen molar-refractivity contribution >= 4 is 18.1 Å². The second kappa shape index (κ2) is 9.48. The van der Waals surface area contributed by atoms with Crippen LogP contribution >= 0.6 is 12.4 Å². The number of hydrogen-bond acceptors (Lipinski definition) is 3. The molecule has 0 spiro atoms. The molecule has 3 aromatic rings. The summed E-state index contributed by atoms with van der Waals surface area (Å²) in [7, 11) is 0. The van der Waals surface area contributed by atoms with E-state index in [0.717, 1.165) is 11.3 Å². The van der Waals surface area contributed by atoms with Crippen LogP contribution in [0.4, 0.5) is 18.9 Å². The van der Waals surface area contributed by atoms with Gasteiger partial charge in [0, 0.05) is 12.2 Å². The lowest BCUT2D eigenvalue weighted by Gasteiger charge is -2.15. The van der Waals surface area contributed by atoms with Crippen LogP contribution in [0.3, 0.4) is 0 Å². The molecule has 3 N–H and O–H groups in total. The third-order valence-corrected chi connectivity index (χ3v) is 4.08. The molecule has 0 fully saturated rings. The van der Waals surface area contributed by atoms with E-state index in [-0.39, 0.29) is 18.2 Å². The SMILES string of the molecule is Cl.N[C@@H](c1ccc(NCc2ccccc2)cc1)c1ccc(OC(F)(F)F)cc1. The van der Waals surface area contributed by atoms with E-state index >= 15 is 0 Å². The molecule has 1 atom stereocenters. The Bertz CT molecular complexity index is 854. The lowest BCUT2D eigenvalue weighted by molar-refractivity contribution is -0.274. The number of anilines is 1. The summed E-state index contributed by atoms with van der Waals surface area (Å²) >= 11 is 0. The van der Waals surface area contributed by atoms with E-state index in [1.807, 2.05) is 54.6 Å². The average molecular weight is 409 g/mol. The number of alkyl halides is 3. The Morgan fingerprint density at radius 3 is 1.89 bits per heavy atom. The van der Waals surface area contributed by atoms with Crippen molar-refractivity contribution < 1.29 is 17.9 Å². The largest absolute Gasteiger partial charge is 0.573 e. The molecule has 0 aliphatic heterocycles. The van der Waals surface area contributed by atoms with Crippen LogP contribution in [0, 0.1) is 0 Å². The number of hydrogen-bond donors (Lipinski definition) is 2. The Morgan fingerprint density at radius 1 is 0.821 bits per heavy atom. The summed E-state index contributed by atoms with van der Waals surface area (Å²) in [6.07, 6.45) is -4.70. The fourth-order valence-electron chi connectivity index (χ4n) is 2.68. The average Bonchev–Trinajstić information content (AvgIpc) is 2.66. The topological polar surface area (TPSA) is 47.3 Å². The van der Waals surface area contributed by atoms with E-state index in [1.54, 1.807) is 0 Å². The number of rotatable bonds is 6. The van der Waals surface area contributed by atoms with Crippen LogP contribution in [0.15, 0.2) is 78.9 Å². The van der Waals surface area contributed by atoms with Crippen molar-refractivity contribution in [2.24, 2.45) is 5.73 Å². The van der Waals surface area contributed by atoms with Crippen molar-refractivity contribution in [3.63, 3.8) is 0 Å². The van der Waals surface area contributed by atoms with Crippen molar-refractivity contribution in [1.82, 2.24) is 0 Å². The molecule has 0 saturated carbocycles. The van der Waals surface area contributed by atoms with Crippen LogP contribution in [0.1, 0.15) is 22.7 Å². The lowest BCUT2D eigenvalue weighted by atomic mass is 9.99. The Balaban J connectivity index is 0.00000280. The fraction of sp³-hybridized carbons (Fsp3) is 0.143. The van der Waals surface area contributed by atoms with Crippen LogP contribution in [0.25, 0.3) is 0 Å². The molecule has 0 heterocycles. The summed E-state index contributed by atoms with van der Waals surface area (Å²) in [5, 5.41) is 3.33. The molecule has 0 aromatic heterocycles. The van der Waals surface area contributed by atoms with Gasteiger partial charge in [-0.25, -0.2) is 0 Å². The number of nitrogens with two attached hydrogens (primary N) is 1. The van der Waals surface area contributed by atoms with Crippen LogP contribution < -0.4 is 15.8 Å². The zero-order chi connectivity index (χ0) is 19.3. The smallest absolute Gasteiger partial charge is 0.406 e. The highest BCUT2D eigenvalue weighted by Gasteiger charge is 2.31. The molecule has 7 heteroatoms. The Labute approximate surface area is 167 Å². The quantitative estimate of drug-likeness (QED) is 0.552. The monoisotopic (exact) mass is 408 g/mol. The van der Waals surface area contributed by atoms with Gasteiger partial charge >= 0.3 is 6.36 Å². The fourth-order valence-corrected chi connectivity index (χ4v) is 2.68. The zero-order valence-corrected chi connectivity index (χ0v) is 15.6. The van der Waals surface area contributed by atoms with Gasteiger partial charge in [0.2, 0.25) is 0 Å². The first-order valence-electron chi connectivity index (χ1n) is 8.40. The van der Waals surface area contributed by atoms with Gasteiger partial charge in [-0.3, -0.25) is 0 Å². The number of benzene rings is 3. The molecule has 0 aliphatic carbocycles. The summed E-state index contributed by atoms with van der Waals surface area (Å²) in [6.45, 7) is 0.715. The molecule has 0 unspecified atom stereocenters. The van der Waals surface area contributed by atoms with E-state index in [1.165, 1.54) is 29.8 Å². The van der Waals surface area contributed by atoms with Gasteiger partial charge < -0.3 is 15.8 Å². The van der Waals surface area contributed by atoms with Gasteiger partial charge in [0.25, 0.3) is 0 Å². The predicted molar refractivity (Wildman–Crippen MR) is 107 cm³/mol. The molecule has 28 heavy (non-hydrogen) atoms. The molecule has 3 rings (SSSR count). The first-order valence-corrected chi connectivity index (χ1v) is 8.40. The van der Waals surface area contributed by atoms with E-state index in [2.05, 4.69) is 10.1 Å². The first-order chi connectivity index (χ1) is 12.9. The standard InChI is InChI=1S/C21H19F3N2O.ClH/c22-21(23,24)27-19-12-8-17(9-13-19)20(25)16-6-10-18(11-7-16)26-14-15-4-2-1-3-5-15;/h1-13,20,26H,14,25H2;1H/t20-;/m0./s1. The maximum atomic E-state index is 12.2. The van der Waals surface area contributed by atoms with Crippen molar-refractivity contribution in [2.75, 3.05) is 5.32 Å². The minimum atomic E-state index is -4.70. The van der Waals surface area contributed by atoms with Gasteiger partial charge in [0.05, 0.1) is 6.04 Å². The third-order valence-electron chi connectivity index (χ3n) is 4.08. The molecule has 3 nitrogen and oxygen atoms in total. The maximum Gasteiger partial charge on any atom is 0.573 e. The minimum absolute atomic E-state index is 0. The third kappa shape index (κ3) is 6.18. The molecule has 3 aromatic carbocycles. The van der Waals surface area contributed by atoms with Gasteiger partial charge in [-0.05, 0) is 41.0 Å². The number of nitrogens with one attached hydrogen (secondary N) is 1. The van der Waals surface area contributed by atoms with Gasteiger partial charge in [0.1, 0.15) is 5.75 Å². The normalized spacial score (nSPS) is 12.0. The van der Waals surface area contributed by atoms with Gasteiger partial charge in [-0.15, -0.1) is 25.6 Å². The van der Waals surface area contributed by atoms with Crippen LogP contribution in [-0.2, 0) is 6.54 Å². The lowest BCUT2D eigenvalue weighted by Crippen LogP contribution is -2.17. The summed E-state index contributed by atoms with van der Waals surface area (Å²) in [5.41, 5.74) is 9.94. The number of ether oxygens (including phenoxy) is 1. The summed E-state index contributed by atoms with van der Waals surface area (Å²) in [5.74, 6) is -0.265. The highest BCUT2D eigenvalue weighted by Crippen LogP contribution is 2.26. The van der Waals surface area contributed by atoms with Crippen molar-refractivity contribution in [3.05, 3.63) is 95.6 Å². The summed E-state index contributed by atoms with van der Waals surface area (Å²) < 4.78 is 40.5. The molecule has 0 bridgehead atoms. The maximum absolute atomic E-state index is 12.2. The highest BCUT2D eigenvalue weighted by atomic mass is 35.5. The van der Waals surface area contributed by atoms with E-state index < -0.39 is 12.4 Å². The molecule has 0 saturated heterocycles. The van der Waals surface area contributed by atoms with Crippen LogP contribution in [0.5, 0.6) is 5.75 Å². The molecular weight excluding hydrogens is 389 g/mol.